The van der Waals surface area contributed by atoms with Crippen molar-refractivity contribution in [3.8, 4) is 0 Å². The molecule has 4 nitrogen and oxygen atoms in total. The minimum absolute atomic E-state index is 0.157. The van der Waals surface area contributed by atoms with Gasteiger partial charge in [0.15, 0.2) is 0 Å². The Hall–Kier alpha value is -2.49. The van der Waals surface area contributed by atoms with Crippen LogP contribution in [0.4, 0.5) is 0 Å². The quantitative estimate of drug-likeness (QED) is 0.653. The first-order chi connectivity index (χ1) is 8.84. The van der Waals surface area contributed by atoms with Crippen molar-refractivity contribution in [1.29, 1.82) is 0 Å². The number of benzene rings is 1. The molecule has 0 aliphatic carbocycles. The minimum Gasteiger partial charge on any atom is -0.273 e. The van der Waals surface area contributed by atoms with Crippen LogP contribution in [0.25, 0.3) is 0 Å². The Kier molecular flexibility index (Phi) is 4.19. The van der Waals surface area contributed by atoms with Crippen LogP contribution in [-0.2, 0) is 11.2 Å². The maximum absolute atomic E-state index is 11.6. The van der Waals surface area contributed by atoms with Gasteiger partial charge in [-0.2, -0.15) is 5.10 Å². The molecule has 0 spiro atoms. The fraction of sp³-hybridized carbons (Fsp3) is 0.0714. The zero-order valence-electron chi connectivity index (χ0n) is 9.78. The first-order valence-corrected chi connectivity index (χ1v) is 5.60. The van der Waals surface area contributed by atoms with E-state index in [0.717, 1.165) is 11.1 Å². The number of pyridine rings is 1. The lowest BCUT2D eigenvalue weighted by molar-refractivity contribution is -0.120. The Labute approximate surface area is 105 Å². The van der Waals surface area contributed by atoms with Crippen molar-refractivity contribution >= 4 is 12.1 Å². The highest BCUT2D eigenvalue weighted by Gasteiger charge is 2.00. The summed E-state index contributed by atoms with van der Waals surface area (Å²) >= 11 is 0. The number of carbonyl (C=O) groups is 1. The highest BCUT2D eigenvalue weighted by molar-refractivity contribution is 5.83. The molecule has 0 atom stereocenters. The molecule has 18 heavy (non-hydrogen) atoms. The van der Waals surface area contributed by atoms with Crippen LogP contribution in [0.5, 0.6) is 0 Å². The molecule has 4 heteroatoms. The molecule has 0 aliphatic rings. The van der Waals surface area contributed by atoms with E-state index in [9.17, 15) is 4.79 Å². The molecule has 1 aromatic carbocycles. The monoisotopic (exact) mass is 239 g/mol. The second kappa shape index (κ2) is 6.30. The third kappa shape index (κ3) is 3.83. The topological polar surface area (TPSA) is 54.4 Å². The molecule has 0 fully saturated rings. The van der Waals surface area contributed by atoms with Gasteiger partial charge in [-0.05, 0) is 17.2 Å². The van der Waals surface area contributed by atoms with Gasteiger partial charge in [0, 0.05) is 12.4 Å². The molecule has 1 N–H and O–H groups in total. The van der Waals surface area contributed by atoms with E-state index in [4.69, 9.17) is 0 Å². The number of amides is 1. The van der Waals surface area contributed by atoms with Gasteiger partial charge in [-0.25, -0.2) is 5.43 Å². The largest absolute Gasteiger partial charge is 0.273 e. The van der Waals surface area contributed by atoms with Gasteiger partial charge >= 0.3 is 0 Å². The lowest BCUT2D eigenvalue weighted by Crippen LogP contribution is -2.19. The number of hydrogen-bond acceptors (Lipinski definition) is 3. The molecule has 0 unspecified atom stereocenters. The second-order valence-corrected chi connectivity index (χ2v) is 3.74. The van der Waals surface area contributed by atoms with Crippen molar-refractivity contribution in [2.24, 2.45) is 5.10 Å². The van der Waals surface area contributed by atoms with E-state index >= 15 is 0 Å². The standard InChI is InChI=1S/C14H13N3O/c18-14(9-13-7-4-8-15-10-13)17-16-11-12-5-2-1-3-6-12/h1-8,10-11H,9H2,(H,17,18). The van der Waals surface area contributed by atoms with E-state index in [2.05, 4.69) is 15.5 Å². The molecule has 90 valence electrons. The smallest absolute Gasteiger partial charge is 0.244 e. The molecule has 0 radical (unpaired) electrons. The molecule has 0 saturated carbocycles. The predicted molar refractivity (Wildman–Crippen MR) is 70.1 cm³/mol. The van der Waals surface area contributed by atoms with E-state index in [0.29, 0.717) is 0 Å². The normalized spacial score (nSPS) is 10.4. The van der Waals surface area contributed by atoms with Crippen molar-refractivity contribution in [2.45, 2.75) is 6.42 Å². The summed E-state index contributed by atoms with van der Waals surface area (Å²) in [7, 11) is 0. The lowest BCUT2D eigenvalue weighted by atomic mass is 10.2. The van der Waals surface area contributed by atoms with Crippen LogP contribution in [0.3, 0.4) is 0 Å². The average Bonchev–Trinajstić information content (AvgIpc) is 2.41. The van der Waals surface area contributed by atoms with Gasteiger partial charge in [0.2, 0.25) is 5.91 Å². The van der Waals surface area contributed by atoms with E-state index in [1.807, 2.05) is 36.4 Å². The number of hydrogen-bond donors (Lipinski definition) is 1. The molecule has 1 heterocycles. The Morgan fingerprint density at radius 2 is 2.06 bits per heavy atom. The number of aromatic nitrogens is 1. The van der Waals surface area contributed by atoms with E-state index in [1.165, 1.54) is 0 Å². The van der Waals surface area contributed by atoms with Gasteiger partial charge in [0.1, 0.15) is 0 Å². The molecule has 2 rings (SSSR count). The fourth-order valence-corrected chi connectivity index (χ4v) is 1.45. The Balaban J connectivity index is 1.84. The average molecular weight is 239 g/mol. The third-order valence-electron chi connectivity index (χ3n) is 2.29. The molecular formula is C14H13N3O. The molecule has 0 saturated heterocycles. The summed E-state index contributed by atoms with van der Waals surface area (Å²) in [6, 6.07) is 13.2. The summed E-state index contributed by atoms with van der Waals surface area (Å²) in [4.78, 5) is 15.5. The summed E-state index contributed by atoms with van der Waals surface area (Å²) in [5.41, 5.74) is 4.29. The first kappa shape index (κ1) is 12.0. The van der Waals surface area contributed by atoms with Crippen LogP contribution in [-0.4, -0.2) is 17.1 Å². The maximum atomic E-state index is 11.6. The van der Waals surface area contributed by atoms with Crippen LogP contribution in [0.15, 0.2) is 60.0 Å². The maximum Gasteiger partial charge on any atom is 0.244 e. The van der Waals surface area contributed by atoms with E-state index in [1.54, 1.807) is 24.7 Å². The zero-order valence-corrected chi connectivity index (χ0v) is 9.78. The second-order valence-electron chi connectivity index (χ2n) is 3.74. The van der Waals surface area contributed by atoms with Gasteiger partial charge < -0.3 is 0 Å². The molecule has 1 aromatic heterocycles. The van der Waals surface area contributed by atoms with Crippen molar-refractivity contribution in [3.05, 3.63) is 66.0 Å². The van der Waals surface area contributed by atoms with Gasteiger partial charge in [0.25, 0.3) is 0 Å². The number of nitrogens with zero attached hydrogens (tertiary/aromatic N) is 2. The van der Waals surface area contributed by atoms with Crippen molar-refractivity contribution in [1.82, 2.24) is 10.4 Å². The summed E-state index contributed by atoms with van der Waals surface area (Å²) in [6.07, 6.45) is 5.23. The summed E-state index contributed by atoms with van der Waals surface area (Å²) in [5.74, 6) is -0.157. The van der Waals surface area contributed by atoms with Crippen LogP contribution >= 0.6 is 0 Å². The van der Waals surface area contributed by atoms with Crippen LogP contribution in [0.1, 0.15) is 11.1 Å². The molecule has 1 amide bonds. The molecule has 0 aliphatic heterocycles. The van der Waals surface area contributed by atoms with Crippen molar-refractivity contribution in [2.75, 3.05) is 0 Å². The molecular weight excluding hydrogens is 226 g/mol. The summed E-state index contributed by atoms with van der Waals surface area (Å²) in [5, 5.41) is 3.89. The Morgan fingerprint density at radius 1 is 1.22 bits per heavy atom. The predicted octanol–water partition coefficient (Wildman–Crippen LogP) is 1.77. The summed E-state index contributed by atoms with van der Waals surface area (Å²) in [6.45, 7) is 0. The summed E-state index contributed by atoms with van der Waals surface area (Å²) < 4.78 is 0. The molecule has 0 bridgehead atoms. The third-order valence-corrected chi connectivity index (χ3v) is 2.29. The van der Waals surface area contributed by atoms with E-state index < -0.39 is 0 Å². The SMILES string of the molecule is O=C(Cc1cccnc1)NN=Cc1ccccc1. The van der Waals surface area contributed by atoms with Gasteiger partial charge in [0.05, 0.1) is 12.6 Å². The fourth-order valence-electron chi connectivity index (χ4n) is 1.45. The highest BCUT2D eigenvalue weighted by atomic mass is 16.2. The van der Waals surface area contributed by atoms with Crippen molar-refractivity contribution < 1.29 is 4.79 Å². The zero-order chi connectivity index (χ0) is 12.6. The van der Waals surface area contributed by atoms with Gasteiger partial charge in [-0.15, -0.1) is 0 Å². The number of rotatable bonds is 4. The minimum atomic E-state index is -0.157. The van der Waals surface area contributed by atoms with Crippen LogP contribution in [0, 0.1) is 0 Å². The molecule has 2 aromatic rings. The van der Waals surface area contributed by atoms with Crippen LogP contribution < -0.4 is 5.43 Å². The number of hydrazone groups is 1. The van der Waals surface area contributed by atoms with Crippen molar-refractivity contribution in [3.63, 3.8) is 0 Å². The lowest BCUT2D eigenvalue weighted by Gasteiger charge is -1.99. The van der Waals surface area contributed by atoms with E-state index in [-0.39, 0.29) is 12.3 Å². The number of nitrogens with one attached hydrogen (secondary N) is 1. The van der Waals surface area contributed by atoms with Gasteiger partial charge in [-0.1, -0.05) is 36.4 Å². The van der Waals surface area contributed by atoms with Crippen LogP contribution in [0.2, 0.25) is 0 Å². The number of carbonyl (C=O) groups excluding carboxylic acids is 1. The first-order valence-electron chi connectivity index (χ1n) is 5.60. The Bertz CT molecular complexity index is 523. The van der Waals surface area contributed by atoms with Gasteiger partial charge in [-0.3, -0.25) is 9.78 Å². The Morgan fingerprint density at radius 3 is 2.78 bits per heavy atom. The highest BCUT2D eigenvalue weighted by Crippen LogP contribution is 1.97.